The standard InChI is InChI=1S/C9H12N2/c1-7-6-11(3)8-4-5-10(2)9(7)8/h4-6H,1-3H3. The van der Waals surface area contributed by atoms with Crippen LogP contribution in [0.2, 0.25) is 0 Å². The molecule has 2 aromatic rings. The highest BCUT2D eigenvalue weighted by Crippen LogP contribution is 2.19. The van der Waals surface area contributed by atoms with Gasteiger partial charge in [0.1, 0.15) is 0 Å². The molecule has 0 saturated carbocycles. The monoisotopic (exact) mass is 148 g/mol. The molecule has 11 heavy (non-hydrogen) atoms. The first-order valence-electron chi connectivity index (χ1n) is 3.77. The van der Waals surface area contributed by atoms with Crippen molar-refractivity contribution in [3.05, 3.63) is 24.0 Å². The van der Waals surface area contributed by atoms with E-state index in [9.17, 15) is 0 Å². The minimum absolute atomic E-state index is 1.31. The summed E-state index contributed by atoms with van der Waals surface area (Å²) in [6.45, 7) is 2.14. The van der Waals surface area contributed by atoms with Crippen LogP contribution >= 0.6 is 0 Å². The van der Waals surface area contributed by atoms with Crippen molar-refractivity contribution in [2.75, 3.05) is 0 Å². The van der Waals surface area contributed by atoms with Gasteiger partial charge in [-0.15, -0.1) is 0 Å². The fraction of sp³-hybridized carbons (Fsp3) is 0.333. The van der Waals surface area contributed by atoms with Crippen molar-refractivity contribution in [2.24, 2.45) is 14.1 Å². The van der Waals surface area contributed by atoms with Gasteiger partial charge in [-0.1, -0.05) is 0 Å². The van der Waals surface area contributed by atoms with E-state index in [0.717, 1.165) is 0 Å². The Morgan fingerprint density at radius 1 is 1.18 bits per heavy atom. The predicted octanol–water partition coefficient (Wildman–Crippen LogP) is 1.83. The number of rotatable bonds is 0. The Labute approximate surface area is 66.0 Å². The van der Waals surface area contributed by atoms with Gasteiger partial charge in [-0.05, 0) is 18.6 Å². The first kappa shape index (κ1) is 6.53. The van der Waals surface area contributed by atoms with Gasteiger partial charge in [0.2, 0.25) is 0 Å². The smallest absolute Gasteiger partial charge is 0.0689 e. The number of hydrogen-bond acceptors (Lipinski definition) is 0. The quantitative estimate of drug-likeness (QED) is 0.539. The van der Waals surface area contributed by atoms with Crippen molar-refractivity contribution >= 4 is 11.0 Å². The molecule has 0 saturated heterocycles. The number of nitrogens with zero attached hydrogens (tertiary/aromatic N) is 2. The zero-order chi connectivity index (χ0) is 8.01. The fourth-order valence-electron chi connectivity index (χ4n) is 1.70. The molecule has 0 amide bonds. The third-order valence-corrected chi connectivity index (χ3v) is 2.19. The second kappa shape index (κ2) is 1.91. The van der Waals surface area contributed by atoms with Crippen molar-refractivity contribution in [1.29, 1.82) is 0 Å². The molecule has 0 aliphatic rings. The lowest BCUT2D eigenvalue weighted by Gasteiger charge is -1.91. The van der Waals surface area contributed by atoms with E-state index in [1.165, 1.54) is 16.6 Å². The van der Waals surface area contributed by atoms with Crippen LogP contribution in [0.25, 0.3) is 11.0 Å². The Kier molecular flexibility index (Phi) is 1.13. The van der Waals surface area contributed by atoms with Crippen molar-refractivity contribution in [3.63, 3.8) is 0 Å². The Bertz CT molecular complexity index is 393. The average molecular weight is 148 g/mol. The molecule has 0 aliphatic heterocycles. The van der Waals surface area contributed by atoms with E-state index in [1.807, 2.05) is 0 Å². The van der Waals surface area contributed by atoms with Crippen molar-refractivity contribution in [2.45, 2.75) is 6.92 Å². The van der Waals surface area contributed by atoms with E-state index in [1.54, 1.807) is 0 Å². The number of fused-ring (bicyclic) bond motifs is 1. The zero-order valence-electron chi connectivity index (χ0n) is 7.13. The van der Waals surface area contributed by atoms with Gasteiger partial charge in [0.25, 0.3) is 0 Å². The fourth-order valence-corrected chi connectivity index (χ4v) is 1.70. The third kappa shape index (κ3) is 0.723. The first-order valence-corrected chi connectivity index (χ1v) is 3.77. The molecule has 2 aromatic heterocycles. The van der Waals surface area contributed by atoms with E-state index in [2.05, 4.69) is 48.6 Å². The molecule has 0 spiro atoms. The molecule has 0 atom stereocenters. The molecule has 2 heteroatoms. The Morgan fingerprint density at radius 3 is 2.55 bits per heavy atom. The Morgan fingerprint density at radius 2 is 1.91 bits per heavy atom. The minimum Gasteiger partial charge on any atom is -0.349 e. The molecule has 2 heterocycles. The molecule has 0 radical (unpaired) electrons. The molecule has 0 aliphatic carbocycles. The maximum absolute atomic E-state index is 2.16. The number of aromatic nitrogens is 2. The van der Waals surface area contributed by atoms with Gasteiger partial charge in [0.05, 0.1) is 11.0 Å². The van der Waals surface area contributed by atoms with Gasteiger partial charge in [-0.25, -0.2) is 0 Å². The topological polar surface area (TPSA) is 9.86 Å². The summed E-state index contributed by atoms with van der Waals surface area (Å²) >= 11 is 0. The van der Waals surface area contributed by atoms with Crippen molar-refractivity contribution < 1.29 is 0 Å². The predicted molar refractivity (Wildman–Crippen MR) is 46.6 cm³/mol. The van der Waals surface area contributed by atoms with Gasteiger partial charge < -0.3 is 9.13 Å². The summed E-state index contributed by atoms with van der Waals surface area (Å²) in [5, 5.41) is 0. The van der Waals surface area contributed by atoms with Crippen LogP contribution in [0.4, 0.5) is 0 Å². The van der Waals surface area contributed by atoms with E-state index in [4.69, 9.17) is 0 Å². The third-order valence-electron chi connectivity index (χ3n) is 2.19. The van der Waals surface area contributed by atoms with Crippen LogP contribution in [0, 0.1) is 6.92 Å². The van der Waals surface area contributed by atoms with Gasteiger partial charge in [-0.3, -0.25) is 0 Å². The Hall–Kier alpha value is -1.18. The highest BCUT2D eigenvalue weighted by Gasteiger charge is 2.04. The molecular formula is C9H12N2. The van der Waals surface area contributed by atoms with Gasteiger partial charge >= 0.3 is 0 Å². The maximum atomic E-state index is 2.16. The zero-order valence-corrected chi connectivity index (χ0v) is 7.13. The van der Waals surface area contributed by atoms with E-state index < -0.39 is 0 Å². The molecule has 0 N–H and O–H groups in total. The van der Waals surface area contributed by atoms with Crippen LogP contribution < -0.4 is 0 Å². The van der Waals surface area contributed by atoms with Crippen LogP contribution in [0.15, 0.2) is 18.5 Å². The van der Waals surface area contributed by atoms with Crippen LogP contribution in [-0.4, -0.2) is 9.13 Å². The van der Waals surface area contributed by atoms with E-state index in [-0.39, 0.29) is 0 Å². The molecule has 0 fully saturated rings. The number of hydrogen-bond donors (Lipinski definition) is 0. The normalized spacial score (nSPS) is 11.2. The number of aryl methyl sites for hydroxylation is 3. The van der Waals surface area contributed by atoms with Gasteiger partial charge in [0.15, 0.2) is 0 Å². The molecule has 2 nitrogen and oxygen atoms in total. The van der Waals surface area contributed by atoms with Gasteiger partial charge in [0, 0.05) is 26.5 Å². The van der Waals surface area contributed by atoms with Crippen LogP contribution in [0.5, 0.6) is 0 Å². The summed E-state index contributed by atoms with van der Waals surface area (Å²) in [5.41, 5.74) is 3.99. The van der Waals surface area contributed by atoms with Crippen LogP contribution in [0.1, 0.15) is 5.56 Å². The van der Waals surface area contributed by atoms with Crippen LogP contribution in [-0.2, 0) is 14.1 Å². The molecular weight excluding hydrogens is 136 g/mol. The van der Waals surface area contributed by atoms with Crippen molar-refractivity contribution in [1.82, 2.24) is 9.13 Å². The first-order chi connectivity index (χ1) is 5.20. The molecule has 2 rings (SSSR count). The van der Waals surface area contributed by atoms with Crippen LogP contribution in [0.3, 0.4) is 0 Å². The second-order valence-electron chi connectivity index (χ2n) is 3.08. The minimum atomic E-state index is 1.31. The second-order valence-corrected chi connectivity index (χ2v) is 3.08. The lowest BCUT2D eigenvalue weighted by Crippen LogP contribution is -1.82. The lowest BCUT2D eigenvalue weighted by atomic mass is 10.3. The van der Waals surface area contributed by atoms with Gasteiger partial charge in [-0.2, -0.15) is 0 Å². The molecule has 58 valence electrons. The molecule has 0 aromatic carbocycles. The molecule has 0 unspecified atom stereocenters. The lowest BCUT2D eigenvalue weighted by molar-refractivity contribution is 0.961. The van der Waals surface area contributed by atoms with Crippen molar-refractivity contribution in [3.8, 4) is 0 Å². The highest BCUT2D eigenvalue weighted by molar-refractivity contribution is 5.80. The summed E-state index contributed by atoms with van der Waals surface area (Å²) in [6, 6.07) is 2.14. The largest absolute Gasteiger partial charge is 0.349 e. The summed E-state index contributed by atoms with van der Waals surface area (Å²) in [5.74, 6) is 0. The maximum Gasteiger partial charge on any atom is 0.0689 e. The summed E-state index contributed by atoms with van der Waals surface area (Å²) in [4.78, 5) is 0. The summed E-state index contributed by atoms with van der Waals surface area (Å²) in [6.07, 6.45) is 4.25. The SMILES string of the molecule is Cc1cn(C)c2ccn(C)c12. The van der Waals surface area contributed by atoms with E-state index >= 15 is 0 Å². The molecule has 0 bridgehead atoms. The van der Waals surface area contributed by atoms with E-state index in [0.29, 0.717) is 0 Å². The average Bonchev–Trinajstić information content (AvgIpc) is 2.41. The highest BCUT2D eigenvalue weighted by atomic mass is 15.0. The summed E-state index contributed by atoms with van der Waals surface area (Å²) in [7, 11) is 4.16. The Balaban J connectivity index is 2.98. The summed E-state index contributed by atoms with van der Waals surface area (Å²) < 4.78 is 4.31.